The summed E-state index contributed by atoms with van der Waals surface area (Å²) in [4.78, 5) is 22.3. The van der Waals surface area contributed by atoms with E-state index in [1.165, 1.54) is 0 Å². The van der Waals surface area contributed by atoms with Crippen LogP contribution in [0.15, 0.2) is 4.63 Å². The molecule has 0 saturated carbocycles. The van der Waals surface area contributed by atoms with Crippen molar-refractivity contribution in [2.45, 2.75) is 33.1 Å². The first-order chi connectivity index (χ1) is 9.41. The number of hydrogen-bond acceptors (Lipinski definition) is 6. The molecule has 8 heteroatoms. The van der Waals surface area contributed by atoms with Gasteiger partial charge in [0.05, 0.1) is 0 Å². The van der Waals surface area contributed by atoms with Crippen molar-refractivity contribution in [3.8, 4) is 0 Å². The van der Waals surface area contributed by atoms with Gasteiger partial charge in [-0.1, -0.05) is 13.8 Å². The third kappa shape index (κ3) is 4.87. The topological polar surface area (TPSA) is 131 Å². The molecule has 0 fully saturated rings. The van der Waals surface area contributed by atoms with Gasteiger partial charge in [0, 0.05) is 13.0 Å². The van der Waals surface area contributed by atoms with Gasteiger partial charge in [-0.05, 0) is 35.0 Å². The molecule has 0 spiro atoms. The van der Waals surface area contributed by atoms with Crippen LogP contribution in [0.25, 0.3) is 0 Å². The first kappa shape index (κ1) is 15.9. The molecule has 1 amide bonds. The maximum Gasteiger partial charge on any atom is 0.303 e. The molecule has 20 heavy (non-hydrogen) atoms. The molecule has 0 aromatic carbocycles. The zero-order valence-electron chi connectivity index (χ0n) is 11.6. The monoisotopic (exact) mass is 284 g/mol. The van der Waals surface area contributed by atoms with E-state index in [1.807, 2.05) is 13.8 Å². The molecule has 0 aliphatic carbocycles. The van der Waals surface area contributed by atoms with E-state index in [0.29, 0.717) is 25.3 Å². The molecule has 0 bridgehead atoms. The number of aromatic nitrogens is 2. The third-order valence-electron chi connectivity index (χ3n) is 3.20. The maximum atomic E-state index is 11.7. The van der Waals surface area contributed by atoms with Gasteiger partial charge in [0.2, 0.25) is 11.5 Å². The lowest BCUT2D eigenvalue weighted by molar-refractivity contribution is -0.137. The second-order valence-corrected chi connectivity index (χ2v) is 4.98. The van der Waals surface area contributed by atoms with E-state index >= 15 is 0 Å². The van der Waals surface area contributed by atoms with Crippen LogP contribution in [0.4, 0.5) is 5.82 Å². The van der Waals surface area contributed by atoms with Gasteiger partial charge in [0.15, 0.2) is 0 Å². The molecular weight excluding hydrogens is 264 g/mol. The molecule has 4 N–H and O–H groups in total. The van der Waals surface area contributed by atoms with Gasteiger partial charge in [0.25, 0.3) is 5.91 Å². The van der Waals surface area contributed by atoms with Crippen molar-refractivity contribution in [3.05, 3.63) is 5.69 Å². The van der Waals surface area contributed by atoms with E-state index in [9.17, 15) is 9.59 Å². The van der Waals surface area contributed by atoms with Gasteiger partial charge in [-0.3, -0.25) is 9.59 Å². The summed E-state index contributed by atoms with van der Waals surface area (Å²) in [5.41, 5.74) is 5.38. The highest BCUT2D eigenvalue weighted by atomic mass is 16.6. The van der Waals surface area contributed by atoms with Gasteiger partial charge >= 0.3 is 5.97 Å². The molecule has 0 aliphatic heterocycles. The summed E-state index contributed by atoms with van der Waals surface area (Å²) in [5, 5.41) is 18.1. The number of carbonyl (C=O) groups excluding carboxylic acids is 1. The number of amides is 1. The number of carbonyl (C=O) groups is 2. The Labute approximate surface area is 116 Å². The molecule has 0 saturated heterocycles. The predicted molar refractivity (Wildman–Crippen MR) is 70.9 cm³/mol. The minimum Gasteiger partial charge on any atom is -0.481 e. The van der Waals surface area contributed by atoms with Gasteiger partial charge in [-0.15, -0.1) is 0 Å². The maximum absolute atomic E-state index is 11.7. The number of nitrogen functional groups attached to an aromatic ring is 1. The van der Waals surface area contributed by atoms with Gasteiger partial charge in [0.1, 0.15) is 0 Å². The quantitative estimate of drug-likeness (QED) is 0.646. The van der Waals surface area contributed by atoms with Crippen molar-refractivity contribution < 1.29 is 19.3 Å². The van der Waals surface area contributed by atoms with Crippen LogP contribution >= 0.6 is 0 Å². The van der Waals surface area contributed by atoms with Crippen molar-refractivity contribution in [3.63, 3.8) is 0 Å². The number of aliphatic carboxylic acids is 1. The molecule has 0 radical (unpaired) electrons. The summed E-state index contributed by atoms with van der Waals surface area (Å²) in [6.45, 7) is 4.50. The molecule has 1 rings (SSSR count). The Morgan fingerprint density at radius 3 is 2.55 bits per heavy atom. The van der Waals surface area contributed by atoms with Gasteiger partial charge in [-0.2, -0.15) is 0 Å². The van der Waals surface area contributed by atoms with Gasteiger partial charge < -0.3 is 16.2 Å². The van der Waals surface area contributed by atoms with Crippen molar-refractivity contribution in [2.75, 3.05) is 12.3 Å². The molecule has 1 heterocycles. The molecular formula is C12H20N4O4. The Morgan fingerprint density at radius 1 is 1.35 bits per heavy atom. The SMILES string of the molecule is CC(C)C(CCNC(=O)c1nonc1N)CCC(=O)O. The zero-order valence-corrected chi connectivity index (χ0v) is 11.6. The highest BCUT2D eigenvalue weighted by molar-refractivity contribution is 5.95. The standard InChI is InChI=1S/C12H20N4O4/c1-7(2)8(3-4-9(17)18)5-6-14-12(19)10-11(13)16-20-15-10/h7-8H,3-6H2,1-2H3,(H2,13,16)(H,14,19)(H,17,18). The summed E-state index contributed by atoms with van der Waals surface area (Å²) in [6.07, 6.45) is 1.43. The smallest absolute Gasteiger partial charge is 0.303 e. The van der Waals surface area contributed by atoms with Crippen LogP contribution in [0.5, 0.6) is 0 Å². The Kier molecular flexibility index (Phi) is 5.95. The fourth-order valence-electron chi connectivity index (χ4n) is 1.93. The van der Waals surface area contributed by atoms with Gasteiger partial charge in [-0.25, -0.2) is 4.63 Å². The minimum atomic E-state index is -0.805. The lowest BCUT2D eigenvalue weighted by Crippen LogP contribution is -2.28. The van der Waals surface area contributed by atoms with Crippen molar-refractivity contribution in [2.24, 2.45) is 11.8 Å². The highest BCUT2D eigenvalue weighted by Gasteiger charge is 2.18. The molecule has 0 aliphatic rings. The number of nitrogens with two attached hydrogens (primary N) is 1. The van der Waals surface area contributed by atoms with E-state index in [0.717, 1.165) is 0 Å². The Hall–Kier alpha value is -2.12. The fraction of sp³-hybridized carbons (Fsp3) is 0.667. The van der Waals surface area contributed by atoms with E-state index in [2.05, 4.69) is 20.3 Å². The number of carboxylic acids is 1. The number of nitrogens with one attached hydrogen (secondary N) is 1. The third-order valence-corrected chi connectivity index (χ3v) is 3.20. The van der Waals surface area contributed by atoms with Crippen LogP contribution in [-0.2, 0) is 4.79 Å². The summed E-state index contributed by atoms with van der Waals surface area (Å²) in [5.74, 6) is -0.705. The zero-order chi connectivity index (χ0) is 15.1. The van der Waals surface area contributed by atoms with Crippen LogP contribution < -0.4 is 11.1 Å². The summed E-state index contributed by atoms with van der Waals surface area (Å²) >= 11 is 0. The minimum absolute atomic E-state index is 0.0309. The van der Waals surface area contributed by atoms with Crippen LogP contribution in [0, 0.1) is 11.8 Å². The van der Waals surface area contributed by atoms with E-state index in [1.54, 1.807) is 0 Å². The lowest BCUT2D eigenvalue weighted by atomic mass is 9.88. The largest absolute Gasteiger partial charge is 0.481 e. The average Bonchev–Trinajstić information content (AvgIpc) is 2.78. The first-order valence-electron chi connectivity index (χ1n) is 6.49. The van der Waals surface area contributed by atoms with Crippen molar-refractivity contribution in [1.82, 2.24) is 15.6 Å². The molecule has 8 nitrogen and oxygen atoms in total. The predicted octanol–water partition coefficient (Wildman–Crippen LogP) is 0.909. The number of carboxylic acid groups (broad SMARTS) is 1. The van der Waals surface area contributed by atoms with Crippen LogP contribution in [0.3, 0.4) is 0 Å². The van der Waals surface area contributed by atoms with Crippen molar-refractivity contribution >= 4 is 17.7 Å². The van der Waals surface area contributed by atoms with Crippen molar-refractivity contribution in [1.29, 1.82) is 0 Å². The van der Waals surface area contributed by atoms with Crippen LogP contribution in [-0.4, -0.2) is 33.8 Å². The summed E-state index contributed by atoms with van der Waals surface area (Å²) in [7, 11) is 0. The molecule has 1 aromatic heterocycles. The average molecular weight is 284 g/mol. The molecule has 1 aromatic rings. The Balaban J connectivity index is 2.38. The lowest BCUT2D eigenvalue weighted by Gasteiger charge is -2.20. The van der Waals surface area contributed by atoms with E-state index in [4.69, 9.17) is 10.8 Å². The molecule has 1 atom stereocenters. The normalized spacial score (nSPS) is 12.3. The number of hydrogen-bond donors (Lipinski definition) is 3. The Morgan fingerprint density at radius 2 is 2.05 bits per heavy atom. The number of rotatable bonds is 8. The first-order valence-corrected chi connectivity index (χ1v) is 6.49. The van der Waals surface area contributed by atoms with E-state index in [-0.39, 0.29) is 23.9 Å². The fourth-order valence-corrected chi connectivity index (χ4v) is 1.93. The number of anilines is 1. The highest BCUT2D eigenvalue weighted by Crippen LogP contribution is 2.20. The molecule has 112 valence electrons. The summed E-state index contributed by atoms with van der Waals surface area (Å²) < 4.78 is 4.35. The van der Waals surface area contributed by atoms with E-state index < -0.39 is 11.9 Å². The summed E-state index contributed by atoms with van der Waals surface area (Å²) in [6, 6.07) is 0. The molecule has 1 unspecified atom stereocenters. The number of nitrogens with zero attached hydrogens (tertiary/aromatic N) is 2. The second-order valence-electron chi connectivity index (χ2n) is 4.98. The Bertz CT molecular complexity index is 458. The van der Waals surface area contributed by atoms with Crippen LogP contribution in [0.1, 0.15) is 43.6 Å². The second kappa shape index (κ2) is 7.46. The van der Waals surface area contributed by atoms with Crippen LogP contribution in [0.2, 0.25) is 0 Å².